The van der Waals surface area contributed by atoms with Crippen LogP contribution in [0.5, 0.6) is 0 Å². The summed E-state index contributed by atoms with van der Waals surface area (Å²) in [6, 6.07) is 23.1. The molecule has 1 aliphatic carbocycles. The topological polar surface area (TPSA) is 8.17 Å². The summed E-state index contributed by atoms with van der Waals surface area (Å²) in [5.74, 6) is 0. The fourth-order valence-corrected chi connectivity index (χ4v) is 3.53. The zero-order valence-electron chi connectivity index (χ0n) is 15.9. The van der Waals surface area contributed by atoms with Gasteiger partial charge in [-0.2, -0.15) is 0 Å². The molecule has 4 rings (SSSR count). The van der Waals surface area contributed by atoms with Crippen LogP contribution in [0.3, 0.4) is 0 Å². The van der Waals surface area contributed by atoms with Gasteiger partial charge in [0.25, 0.3) is 0 Å². The van der Waals surface area contributed by atoms with E-state index in [4.69, 9.17) is 0 Å². The van der Waals surface area contributed by atoms with Gasteiger partial charge in [0, 0.05) is 37.6 Å². The van der Waals surface area contributed by atoms with E-state index in [-0.39, 0.29) is 0 Å². The number of benzene rings is 2. The van der Waals surface area contributed by atoms with Gasteiger partial charge in [-0.15, -0.1) is 0 Å². The summed E-state index contributed by atoms with van der Waals surface area (Å²) in [6.07, 6.45) is 4.89. The largest absolute Gasteiger partial charge is 0.346 e. The van der Waals surface area contributed by atoms with E-state index in [1.165, 1.54) is 40.8 Å². The van der Waals surface area contributed by atoms with Crippen LogP contribution in [0.2, 0.25) is 0 Å². The molecule has 134 valence electrons. The predicted octanol–water partition coefficient (Wildman–Crippen LogP) is 5.32. The van der Waals surface area contributed by atoms with E-state index in [1.54, 1.807) is 0 Å². The third-order valence-electron chi connectivity index (χ3n) is 5.33. The highest BCUT2D eigenvalue weighted by atomic mass is 15.2. The molecule has 1 saturated carbocycles. The zero-order valence-corrected chi connectivity index (χ0v) is 15.9. The first-order chi connectivity index (χ1) is 12.7. The maximum Gasteiger partial charge on any atom is 0.0473 e. The molecule has 0 amide bonds. The Labute approximate surface area is 157 Å². The minimum absolute atomic E-state index is 0.749. The predicted molar refractivity (Wildman–Crippen MR) is 108 cm³/mol. The lowest BCUT2D eigenvalue weighted by atomic mass is 10.1. The molecular formula is C24H28N2. The normalized spacial score (nSPS) is 14.1. The second-order valence-electron chi connectivity index (χ2n) is 7.73. The van der Waals surface area contributed by atoms with E-state index < -0.39 is 0 Å². The molecule has 1 aromatic heterocycles. The van der Waals surface area contributed by atoms with Gasteiger partial charge in [-0.05, 0) is 49.9 Å². The third kappa shape index (κ3) is 4.25. The standard InChI is InChI=1S/C24H28N2/c1-19-5-9-21(10-6-19)16-25-15-3-4-24(25)18-26(23-13-14-23)17-22-11-7-20(2)8-12-22/h3-12,15,23H,13-14,16-18H2,1-2H3. The van der Waals surface area contributed by atoms with Gasteiger partial charge < -0.3 is 4.57 Å². The van der Waals surface area contributed by atoms with Gasteiger partial charge in [-0.3, -0.25) is 4.90 Å². The van der Waals surface area contributed by atoms with Crippen LogP contribution in [0, 0.1) is 13.8 Å². The number of aryl methyl sites for hydroxylation is 2. The van der Waals surface area contributed by atoms with Crippen molar-refractivity contribution in [2.75, 3.05) is 0 Å². The highest BCUT2D eigenvalue weighted by Gasteiger charge is 2.29. The molecule has 1 fully saturated rings. The minimum atomic E-state index is 0.749. The van der Waals surface area contributed by atoms with E-state index in [0.717, 1.165) is 25.7 Å². The summed E-state index contributed by atoms with van der Waals surface area (Å²) in [6.45, 7) is 7.31. The summed E-state index contributed by atoms with van der Waals surface area (Å²) in [7, 11) is 0. The molecule has 3 aromatic rings. The highest BCUT2D eigenvalue weighted by Crippen LogP contribution is 2.30. The van der Waals surface area contributed by atoms with E-state index in [9.17, 15) is 0 Å². The van der Waals surface area contributed by atoms with Gasteiger partial charge in [0.1, 0.15) is 0 Å². The van der Waals surface area contributed by atoms with E-state index in [0.29, 0.717) is 0 Å². The second-order valence-corrected chi connectivity index (χ2v) is 7.73. The summed E-state index contributed by atoms with van der Waals surface area (Å²) >= 11 is 0. The first kappa shape index (κ1) is 17.1. The van der Waals surface area contributed by atoms with Gasteiger partial charge in [0.05, 0.1) is 0 Å². The van der Waals surface area contributed by atoms with Crippen molar-refractivity contribution in [3.05, 3.63) is 94.8 Å². The van der Waals surface area contributed by atoms with Gasteiger partial charge in [-0.1, -0.05) is 59.7 Å². The molecule has 2 heteroatoms. The number of hydrogen-bond donors (Lipinski definition) is 0. The molecule has 0 N–H and O–H groups in total. The van der Waals surface area contributed by atoms with Crippen molar-refractivity contribution in [2.45, 2.75) is 52.4 Å². The van der Waals surface area contributed by atoms with Gasteiger partial charge >= 0.3 is 0 Å². The number of hydrogen-bond acceptors (Lipinski definition) is 1. The van der Waals surface area contributed by atoms with Crippen molar-refractivity contribution >= 4 is 0 Å². The molecular weight excluding hydrogens is 316 g/mol. The lowest BCUT2D eigenvalue weighted by molar-refractivity contribution is 0.239. The quantitative estimate of drug-likeness (QED) is 0.563. The van der Waals surface area contributed by atoms with E-state index >= 15 is 0 Å². The molecule has 1 heterocycles. The van der Waals surface area contributed by atoms with Crippen LogP contribution >= 0.6 is 0 Å². The molecule has 0 atom stereocenters. The smallest absolute Gasteiger partial charge is 0.0473 e. The summed E-state index contributed by atoms with van der Waals surface area (Å²) in [5.41, 5.74) is 6.84. The molecule has 2 aromatic carbocycles. The maximum atomic E-state index is 2.64. The van der Waals surface area contributed by atoms with Crippen LogP contribution in [0.25, 0.3) is 0 Å². The van der Waals surface area contributed by atoms with Crippen molar-refractivity contribution in [3.8, 4) is 0 Å². The Morgan fingerprint density at radius 2 is 1.42 bits per heavy atom. The van der Waals surface area contributed by atoms with Gasteiger partial charge in [-0.25, -0.2) is 0 Å². The van der Waals surface area contributed by atoms with E-state index in [1.807, 2.05) is 0 Å². The Bertz CT molecular complexity index is 839. The molecule has 26 heavy (non-hydrogen) atoms. The molecule has 0 radical (unpaired) electrons. The second kappa shape index (κ2) is 7.51. The first-order valence-electron chi connectivity index (χ1n) is 9.66. The third-order valence-corrected chi connectivity index (χ3v) is 5.33. The summed E-state index contributed by atoms with van der Waals surface area (Å²) in [5, 5.41) is 0. The molecule has 0 spiro atoms. The summed E-state index contributed by atoms with van der Waals surface area (Å²) < 4.78 is 2.40. The monoisotopic (exact) mass is 344 g/mol. The summed E-state index contributed by atoms with van der Waals surface area (Å²) in [4.78, 5) is 2.64. The lowest BCUT2D eigenvalue weighted by Gasteiger charge is -2.23. The Morgan fingerprint density at radius 3 is 2.04 bits per heavy atom. The van der Waals surface area contributed by atoms with Crippen molar-refractivity contribution in [1.82, 2.24) is 9.47 Å². The number of nitrogens with zero attached hydrogens (tertiary/aromatic N) is 2. The Kier molecular flexibility index (Phi) is 4.94. The minimum Gasteiger partial charge on any atom is -0.346 e. The van der Waals surface area contributed by atoms with Crippen molar-refractivity contribution in [1.29, 1.82) is 0 Å². The average molecular weight is 345 g/mol. The molecule has 0 bridgehead atoms. The fourth-order valence-electron chi connectivity index (χ4n) is 3.53. The first-order valence-corrected chi connectivity index (χ1v) is 9.66. The lowest BCUT2D eigenvalue weighted by Crippen LogP contribution is -2.26. The van der Waals surface area contributed by atoms with Crippen molar-refractivity contribution in [2.24, 2.45) is 0 Å². The Balaban J connectivity index is 1.47. The molecule has 0 saturated heterocycles. The highest BCUT2D eigenvalue weighted by molar-refractivity contribution is 5.23. The van der Waals surface area contributed by atoms with Gasteiger partial charge in [0.15, 0.2) is 0 Å². The maximum absolute atomic E-state index is 2.64. The van der Waals surface area contributed by atoms with Crippen LogP contribution in [0.4, 0.5) is 0 Å². The molecule has 0 unspecified atom stereocenters. The van der Waals surface area contributed by atoms with Crippen LogP contribution in [0.15, 0.2) is 66.9 Å². The fraction of sp³-hybridized carbons (Fsp3) is 0.333. The van der Waals surface area contributed by atoms with Crippen LogP contribution in [-0.2, 0) is 19.6 Å². The van der Waals surface area contributed by atoms with Crippen LogP contribution in [-0.4, -0.2) is 15.5 Å². The average Bonchev–Trinajstić information content (AvgIpc) is 3.40. The van der Waals surface area contributed by atoms with Crippen LogP contribution in [0.1, 0.15) is 40.8 Å². The van der Waals surface area contributed by atoms with E-state index in [2.05, 4.69) is 90.2 Å². The van der Waals surface area contributed by atoms with Crippen LogP contribution < -0.4 is 0 Å². The molecule has 1 aliphatic rings. The van der Waals surface area contributed by atoms with Gasteiger partial charge in [0.2, 0.25) is 0 Å². The van der Waals surface area contributed by atoms with Crippen molar-refractivity contribution < 1.29 is 0 Å². The molecule has 0 aliphatic heterocycles. The number of aromatic nitrogens is 1. The van der Waals surface area contributed by atoms with Crippen molar-refractivity contribution in [3.63, 3.8) is 0 Å². The molecule has 2 nitrogen and oxygen atoms in total. The Hall–Kier alpha value is -2.32. The zero-order chi connectivity index (χ0) is 17.9. The number of rotatable bonds is 7. The SMILES string of the molecule is Cc1ccc(CN(Cc2cccn2Cc2ccc(C)cc2)C2CC2)cc1. The Morgan fingerprint density at radius 1 is 0.808 bits per heavy atom.